The molecular weight excluding hydrogens is 691 g/mol. The molecule has 0 N–H and O–H groups in total. The molecule has 0 bridgehead atoms. The van der Waals surface area contributed by atoms with Crippen molar-refractivity contribution in [2.45, 2.75) is 32.1 Å². The van der Waals surface area contributed by atoms with Crippen LogP contribution in [-0.4, -0.2) is 15.0 Å². The van der Waals surface area contributed by atoms with Gasteiger partial charge in [-0.3, -0.25) is 4.98 Å². The first-order valence-electron chi connectivity index (χ1n) is 20.0. The Bertz CT molecular complexity index is 3250. The summed E-state index contributed by atoms with van der Waals surface area (Å²) in [7, 11) is 0. The quantitative estimate of drug-likeness (QED) is 0.169. The highest BCUT2D eigenvalue weighted by Gasteiger charge is 2.35. The summed E-state index contributed by atoms with van der Waals surface area (Å²) in [5.41, 5.74) is 17.6. The van der Waals surface area contributed by atoms with E-state index in [-0.39, 0.29) is 5.41 Å². The number of rotatable bonds is 4. The van der Waals surface area contributed by atoms with Gasteiger partial charge in [-0.25, -0.2) is 9.97 Å². The molecule has 0 amide bonds. The first-order valence-corrected chi connectivity index (χ1v) is 20.0. The molecule has 0 fully saturated rings. The Labute approximate surface area is 331 Å². The molecule has 2 heterocycles. The molecular formula is C54H37N3. The highest BCUT2D eigenvalue weighted by atomic mass is 14.9. The third-order valence-corrected chi connectivity index (χ3v) is 12.8. The van der Waals surface area contributed by atoms with Gasteiger partial charge < -0.3 is 0 Å². The standard InChI is InChI=1S/C54H37N3/c1-54(2)46-16-6-5-15-41(46)42-24-22-37(30-47(42)54)36-12-8-13-38(29-36)51-45-27-19-32-9-3-4-14-40(32)52(45)57-53(56-51)39-23-28-48(55-31-39)43-25-20-35-18-17-33-10-7-11-34-21-26-44(43)50(35)49(33)34/h3-18,20-26,28-31H,19,27H2,1-2H3. The van der Waals surface area contributed by atoms with Gasteiger partial charge in [-0.15, -0.1) is 0 Å². The second-order valence-corrected chi connectivity index (χ2v) is 16.3. The Morgan fingerprint density at radius 1 is 0.456 bits per heavy atom. The molecule has 2 aliphatic rings. The van der Waals surface area contributed by atoms with Crippen LogP contribution in [0.5, 0.6) is 0 Å². The summed E-state index contributed by atoms with van der Waals surface area (Å²) in [6.07, 6.45) is 3.81. The van der Waals surface area contributed by atoms with Gasteiger partial charge in [0.25, 0.3) is 0 Å². The average molecular weight is 728 g/mol. The van der Waals surface area contributed by atoms with Crippen LogP contribution in [0.1, 0.15) is 36.1 Å². The number of nitrogens with zero attached hydrogens (tertiary/aromatic N) is 3. The van der Waals surface area contributed by atoms with Crippen LogP contribution < -0.4 is 0 Å². The van der Waals surface area contributed by atoms with Gasteiger partial charge in [-0.05, 0) is 108 Å². The van der Waals surface area contributed by atoms with E-state index in [1.165, 1.54) is 82.4 Å². The highest BCUT2D eigenvalue weighted by Crippen LogP contribution is 2.50. The predicted molar refractivity (Wildman–Crippen MR) is 236 cm³/mol. The van der Waals surface area contributed by atoms with Gasteiger partial charge >= 0.3 is 0 Å². The van der Waals surface area contributed by atoms with Crippen molar-refractivity contribution >= 4 is 32.3 Å². The van der Waals surface area contributed by atoms with Crippen molar-refractivity contribution in [2.24, 2.45) is 0 Å². The van der Waals surface area contributed by atoms with E-state index in [0.29, 0.717) is 5.82 Å². The molecule has 0 saturated carbocycles. The lowest BCUT2D eigenvalue weighted by Gasteiger charge is -2.23. The lowest BCUT2D eigenvalue weighted by atomic mass is 9.81. The van der Waals surface area contributed by atoms with E-state index in [0.717, 1.165) is 46.6 Å². The van der Waals surface area contributed by atoms with Crippen molar-refractivity contribution in [3.8, 4) is 67.4 Å². The van der Waals surface area contributed by atoms with Gasteiger partial charge in [0, 0.05) is 39.4 Å². The second kappa shape index (κ2) is 12.0. The minimum Gasteiger partial charge on any atom is -0.255 e. The number of aryl methyl sites for hydroxylation is 1. The van der Waals surface area contributed by atoms with Crippen LogP contribution in [0.25, 0.3) is 99.7 Å². The second-order valence-electron chi connectivity index (χ2n) is 16.3. The van der Waals surface area contributed by atoms with Crippen LogP contribution in [0.3, 0.4) is 0 Å². The van der Waals surface area contributed by atoms with Crippen molar-refractivity contribution in [2.75, 3.05) is 0 Å². The highest BCUT2D eigenvalue weighted by molar-refractivity contribution is 6.25. The summed E-state index contributed by atoms with van der Waals surface area (Å²) < 4.78 is 0. The van der Waals surface area contributed by atoms with Crippen molar-refractivity contribution in [3.05, 3.63) is 186 Å². The Morgan fingerprint density at radius 3 is 1.98 bits per heavy atom. The normalized spacial score (nSPS) is 13.8. The van der Waals surface area contributed by atoms with E-state index in [9.17, 15) is 0 Å². The van der Waals surface area contributed by atoms with Crippen molar-refractivity contribution in [1.82, 2.24) is 15.0 Å². The first-order chi connectivity index (χ1) is 28.0. The van der Waals surface area contributed by atoms with Gasteiger partial charge in [-0.2, -0.15) is 0 Å². The fraction of sp³-hybridized carbons (Fsp3) is 0.0926. The molecule has 57 heavy (non-hydrogen) atoms. The van der Waals surface area contributed by atoms with E-state index in [1.807, 2.05) is 6.20 Å². The monoisotopic (exact) mass is 727 g/mol. The summed E-state index contributed by atoms with van der Waals surface area (Å²) in [4.78, 5) is 15.8. The number of benzene rings is 8. The molecule has 10 aromatic rings. The molecule has 0 unspecified atom stereocenters. The smallest absolute Gasteiger partial charge is 0.161 e. The van der Waals surface area contributed by atoms with E-state index >= 15 is 0 Å². The molecule has 2 aliphatic carbocycles. The van der Waals surface area contributed by atoms with Crippen LogP contribution in [0.4, 0.5) is 0 Å². The fourth-order valence-corrected chi connectivity index (χ4v) is 9.91. The summed E-state index contributed by atoms with van der Waals surface area (Å²) in [6.45, 7) is 4.69. The summed E-state index contributed by atoms with van der Waals surface area (Å²) in [5.74, 6) is 0.692. The molecule has 8 aromatic carbocycles. The van der Waals surface area contributed by atoms with Gasteiger partial charge in [0.2, 0.25) is 0 Å². The fourth-order valence-electron chi connectivity index (χ4n) is 9.91. The molecule has 3 heteroatoms. The zero-order valence-corrected chi connectivity index (χ0v) is 31.8. The minimum atomic E-state index is -0.0584. The number of pyridine rings is 1. The third-order valence-electron chi connectivity index (χ3n) is 12.8. The largest absolute Gasteiger partial charge is 0.255 e. The predicted octanol–water partition coefficient (Wildman–Crippen LogP) is 13.5. The molecule has 0 atom stereocenters. The number of fused-ring (bicyclic) bond motifs is 6. The first kappa shape index (κ1) is 32.3. The van der Waals surface area contributed by atoms with Crippen LogP contribution in [-0.2, 0) is 18.3 Å². The molecule has 0 spiro atoms. The van der Waals surface area contributed by atoms with Gasteiger partial charge in [0.15, 0.2) is 5.82 Å². The molecule has 0 saturated heterocycles. The Morgan fingerprint density at radius 2 is 1.12 bits per heavy atom. The number of aromatic nitrogens is 3. The zero-order chi connectivity index (χ0) is 37.8. The van der Waals surface area contributed by atoms with Crippen molar-refractivity contribution in [1.29, 1.82) is 0 Å². The van der Waals surface area contributed by atoms with Crippen LogP contribution in [0.2, 0.25) is 0 Å². The van der Waals surface area contributed by atoms with E-state index in [1.54, 1.807) is 0 Å². The van der Waals surface area contributed by atoms with Crippen molar-refractivity contribution in [3.63, 3.8) is 0 Å². The van der Waals surface area contributed by atoms with Gasteiger partial charge in [0.05, 0.1) is 17.1 Å². The minimum absolute atomic E-state index is 0.0584. The lowest BCUT2D eigenvalue weighted by molar-refractivity contribution is 0.660. The van der Waals surface area contributed by atoms with Crippen LogP contribution in [0, 0.1) is 0 Å². The molecule has 12 rings (SSSR count). The summed E-state index contributed by atoms with van der Waals surface area (Å²) >= 11 is 0. The SMILES string of the molecule is CC1(C)c2ccccc2-c2ccc(-c3cccc(-c4nc(-c5ccc(-c6ccc7ccc8cccc9ccc6c7c89)nc5)nc5c4CCc4ccccc4-5)c3)cc21. The zero-order valence-electron chi connectivity index (χ0n) is 31.8. The maximum absolute atomic E-state index is 5.40. The Kier molecular flexibility index (Phi) is 6.81. The van der Waals surface area contributed by atoms with Crippen LogP contribution in [0.15, 0.2) is 164 Å². The van der Waals surface area contributed by atoms with E-state index in [2.05, 4.69) is 172 Å². The summed E-state index contributed by atoms with van der Waals surface area (Å²) in [6, 6.07) is 57.7. The molecule has 3 nitrogen and oxygen atoms in total. The van der Waals surface area contributed by atoms with Crippen LogP contribution >= 0.6 is 0 Å². The van der Waals surface area contributed by atoms with Gasteiger partial charge in [-0.1, -0.05) is 147 Å². The van der Waals surface area contributed by atoms with E-state index < -0.39 is 0 Å². The third kappa shape index (κ3) is 4.82. The maximum Gasteiger partial charge on any atom is 0.161 e. The average Bonchev–Trinajstić information content (AvgIpc) is 3.50. The van der Waals surface area contributed by atoms with E-state index in [4.69, 9.17) is 15.0 Å². The topological polar surface area (TPSA) is 38.7 Å². The molecule has 2 aromatic heterocycles. The summed E-state index contributed by atoms with van der Waals surface area (Å²) in [5, 5.41) is 7.61. The lowest BCUT2D eigenvalue weighted by Crippen LogP contribution is -2.14. The van der Waals surface area contributed by atoms with Gasteiger partial charge in [0.1, 0.15) is 0 Å². The Balaban J connectivity index is 0.973. The van der Waals surface area contributed by atoms with Crippen molar-refractivity contribution < 1.29 is 0 Å². The number of hydrogen-bond donors (Lipinski definition) is 0. The molecule has 268 valence electrons. The maximum atomic E-state index is 5.40. The molecule has 0 aliphatic heterocycles. The number of hydrogen-bond acceptors (Lipinski definition) is 3. The molecule has 0 radical (unpaired) electrons. The Hall–Kier alpha value is -6.97.